The average Bonchev–Trinajstić information content (AvgIpc) is 3.05. The first kappa shape index (κ1) is 31.9. The lowest BCUT2D eigenvalue weighted by Gasteiger charge is -2.45. The first-order valence-corrected chi connectivity index (χ1v) is 15.9. The molecule has 1 atom stereocenters. The number of hydrogen-bond acceptors (Lipinski definition) is 4. The molecule has 0 aliphatic heterocycles. The summed E-state index contributed by atoms with van der Waals surface area (Å²) in [5.74, 6) is -0.229. The van der Waals surface area contributed by atoms with Gasteiger partial charge in [0.2, 0.25) is 0 Å². The molecule has 4 heteroatoms. The second-order valence-electron chi connectivity index (χ2n) is 11.9. The number of carbonyl (C=O) groups excluding carboxylic acids is 1. The van der Waals surface area contributed by atoms with E-state index >= 15 is 0 Å². The van der Waals surface area contributed by atoms with Crippen LogP contribution in [0.15, 0.2) is 140 Å². The summed E-state index contributed by atoms with van der Waals surface area (Å²) in [6.07, 6.45) is 0. The Kier molecular flexibility index (Phi) is 11.0. The van der Waals surface area contributed by atoms with Gasteiger partial charge in [0.05, 0.1) is 6.61 Å². The summed E-state index contributed by atoms with van der Waals surface area (Å²) in [6.45, 7) is 9.38. The zero-order valence-corrected chi connectivity index (χ0v) is 26.7. The van der Waals surface area contributed by atoms with Gasteiger partial charge in [-0.2, -0.15) is 0 Å². The first-order valence-electron chi connectivity index (χ1n) is 15.9. The van der Waals surface area contributed by atoms with E-state index in [0.717, 1.165) is 27.8 Å². The minimum Gasteiger partial charge on any atom is -0.464 e. The summed E-state index contributed by atoms with van der Waals surface area (Å²) < 4.78 is 6.09. The molecule has 0 aromatic heterocycles. The molecule has 0 N–H and O–H groups in total. The second kappa shape index (κ2) is 15.5. The number of carbonyl (C=O) groups is 1. The molecule has 0 aliphatic rings. The van der Waals surface area contributed by atoms with E-state index in [1.807, 2.05) is 31.2 Å². The van der Waals surface area contributed by atoms with Gasteiger partial charge in [0, 0.05) is 32.7 Å². The molecule has 0 amide bonds. The monoisotopic (exact) mass is 596 g/mol. The highest BCUT2D eigenvalue weighted by Crippen LogP contribution is 2.37. The van der Waals surface area contributed by atoms with Crippen LogP contribution >= 0.6 is 0 Å². The predicted molar refractivity (Wildman–Crippen MR) is 183 cm³/mol. The van der Waals surface area contributed by atoms with E-state index < -0.39 is 5.54 Å². The van der Waals surface area contributed by atoms with Crippen molar-refractivity contribution in [3.8, 4) is 0 Å². The Morgan fingerprint density at radius 2 is 0.956 bits per heavy atom. The highest BCUT2D eigenvalue weighted by atomic mass is 16.5. The van der Waals surface area contributed by atoms with Crippen LogP contribution in [0.5, 0.6) is 0 Å². The number of nitrogens with zero attached hydrogens (tertiary/aromatic N) is 2. The number of hydrogen-bond donors (Lipinski definition) is 0. The van der Waals surface area contributed by atoms with Crippen LogP contribution in [0, 0.1) is 13.8 Å². The van der Waals surface area contributed by atoms with Crippen LogP contribution in [0.4, 0.5) is 0 Å². The summed E-state index contributed by atoms with van der Waals surface area (Å²) in [5, 5.41) is 0. The van der Waals surface area contributed by atoms with E-state index in [4.69, 9.17) is 4.74 Å². The smallest absolute Gasteiger partial charge is 0.332 e. The molecule has 0 saturated heterocycles. The fraction of sp³-hybridized carbons (Fsp3) is 0.244. The molecule has 0 radical (unpaired) electrons. The van der Waals surface area contributed by atoms with Crippen molar-refractivity contribution in [2.75, 3.05) is 13.2 Å². The lowest BCUT2D eigenvalue weighted by molar-refractivity contribution is -0.162. The molecule has 5 rings (SSSR count). The Morgan fingerprint density at radius 3 is 1.33 bits per heavy atom. The van der Waals surface area contributed by atoms with Crippen LogP contribution in [0.3, 0.4) is 0 Å². The Hall–Kier alpha value is -4.51. The van der Waals surface area contributed by atoms with Gasteiger partial charge in [0.15, 0.2) is 5.54 Å². The quantitative estimate of drug-likeness (QED) is 0.120. The molecule has 1 unspecified atom stereocenters. The molecule has 45 heavy (non-hydrogen) atoms. The van der Waals surface area contributed by atoms with Crippen LogP contribution in [0.1, 0.15) is 45.9 Å². The van der Waals surface area contributed by atoms with Gasteiger partial charge in [-0.05, 0) is 48.6 Å². The van der Waals surface area contributed by atoms with Crippen LogP contribution < -0.4 is 0 Å². The third kappa shape index (κ3) is 8.36. The minimum absolute atomic E-state index is 0.229. The molecule has 0 aliphatic carbocycles. The maximum absolute atomic E-state index is 14.9. The number of rotatable bonds is 14. The molecule has 0 saturated carbocycles. The standard InChI is InChI=1S/C41H44N2O2/c1-4-45-40(44)41(39-26-33(2)25-34(3)27-39,43(30-37-21-13-7-14-22-37)31-38-23-15-8-16-24-38)32-42(28-35-17-9-5-10-18-35)29-36-19-11-6-12-20-36/h5-27H,4,28-32H2,1-3H3. The van der Waals surface area contributed by atoms with E-state index in [2.05, 4.69) is 139 Å². The molecule has 0 bridgehead atoms. The summed E-state index contributed by atoms with van der Waals surface area (Å²) in [5.41, 5.74) is 6.77. The topological polar surface area (TPSA) is 32.8 Å². The highest BCUT2D eigenvalue weighted by molar-refractivity contribution is 5.83. The Balaban J connectivity index is 1.72. The van der Waals surface area contributed by atoms with Gasteiger partial charge in [-0.3, -0.25) is 9.80 Å². The van der Waals surface area contributed by atoms with Gasteiger partial charge in [-0.15, -0.1) is 0 Å². The van der Waals surface area contributed by atoms with E-state index in [0.29, 0.717) is 39.3 Å². The second-order valence-corrected chi connectivity index (χ2v) is 11.9. The van der Waals surface area contributed by atoms with Gasteiger partial charge in [0.1, 0.15) is 0 Å². The van der Waals surface area contributed by atoms with Gasteiger partial charge >= 0.3 is 5.97 Å². The molecule has 5 aromatic rings. The lowest BCUT2D eigenvalue weighted by Crippen LogP contribution is -2.58. The maximum atomic E-state index is 14.9. The average molecular weight is 597 g/mol. The molecule has 0 spiro atoms. The summed E-state index contributed by atoms with van der Waals surface area (Å²) >= 11 is 0. The normalized spacial score (nSPS) is 12.6. The van der Waals surface area contributed by atoms with Crippen LogP contribution in [0.25, 0.3) is 0 Å². The largest absolute Gasteiger partial charge is 0.464 e. The third-order valence-corrected chi connectivity index (χ3v) is 8.24. The summed E-state index contributed by atoms with van der Waals surface area (Å²) in [4.78, 5) is 19.6. The zero-order chi connectivity index (χ0) is 31.5. The fourth-order valence-corrected chi connectivity index (χ4v) is 6.26. The van der Waals surface area contributed by atoms with E-state index in [1.54, 1.807) is 0 Å². The maximum Gasteiger partial charge on any atom is 0.332 e. The number of benzene rings is 5. The molecule has 4 nitrogen and oxygen atoms in total. The van der Waals surface area contributed by atoms with E-state index in [9.17, 15) is 4.79 Å². The van der Waals surface area contributed by atoms with Gasteiger partial charge in [0.25, 0.3) is 0 Å². The number of aryl methyl sites for hydroxylation is 2. The van der Waals surface area contributed by atoms with Crippen molar-refractivity contribution in [2.45, 2.75) is 52.5 Å². The Bertz CT molecular complexity index is 1520. The molecule has 5 aromatic carbocycles. The SMILES string of the molecule is CCOC(=O)C(CN(Cc1ccccc1)Cc1ccccc1)(c1cc(C)cc(C)c1)N(Cc1ccccc1)Cc1ccccc1. The Labute approximate surface area is 268 Å². The zero-order valence-electron chi connectivity index (χ0n) is 26.7. The van der Waals surface area contributed by atoms with Crippen molar-refractivity contribution in [1.82, 2.24) is 9.80 Å². The van der Waals surface area contributed by atoms with Gasteiger partial charge in [-0.1, -0.05) is 151 Å². The van der Waals surface area contributed by atoms with Crippen molar-refractivity contribution in [2.24, 2.45) is 0 Å². The number of esters is 1. The summed E-state index contributed by atoms with van der Waals surface area (Å²) in [7, 11) is 0. The molecule has 0 fully saturated rings. The van der Waals surface area contributed by atoms with Crippen molar-refractivity contribution >= 4 is 5.97 Å². The van der Waals surface area contributed by atoms with Crippen molar-refractivity contribution in [3.63, 3.8) is 0 Å². The molecule has 230 valence electrons. The molecular weight excluding hydrogens is 552 g/mol. The Morgan fingerprint density at radius 1 is 0.578 bits per heavy atom. The first-order chi connectivity index (χ1) is 22.0. The van der Waals surface area contributed by atoms with Crippen molar-refractivity contribution < 1.29 is 9.53 Å². The van der Waals surface area contributed by atoms with E-state index in [-0.39, 0.29) is 5.97 Å². The lowest BCUT2D eigenvalue weighted by atomic mass is 9.84. The van der Waals surface area contributed by atoms with Gasteiger partial charge in [-0.25, -0.2) is 4.79 Å². The highest BCUT2D eigenvalue weighted by Gasteiger charge is 2.48. The van der Waals surface area contributed by atoms with Crippen LogP contribution in [0.2, 0.25) is 0 Å². The van der Waals surface area contributed by atoms with Crippen LogP contribution in [-0.4, -0.2) is 28.9 Å². The predicted octanol–water partition coefficient (Wildman–Crippen LogP) is 8.47. The fourth-order valence-electron chi connectivity index (χ4n) is 6.26. The third-order valence-electron chi connectivity index (χ3n) is 8.24. The van der Waals surface area contributed by atoms with E-state index in [1.165, 1.54) is 11.1 Å². The summed E-state index contributed by atoms with van der Waals surface area (Å²) in [6, 6.07) is 48.5. The van der Waals surface area contributed by atoms with Crippen LogP contribution in [-0.2, 0) is 41.2 Å². The van der Waals surface area contributed by atoms with Crippen molar-refractivity contribution in [1.29, 1.82) is 0 Å². The van der Waals surface area contributed by atoms with Gasteiger partial charge < -0.3 is 4.74 Å². The minimum atomic E-state index is -1.11. The number of ether oxygens (including phenoxy) is 1. The molecular formula is C41H44N2O2. The van der Waals surface area contributed by atoms with Crippen molar-refractivity contribution in [3.05, 3.63) is 178 Å². The molecule has 0 heterocycles.